The highest BCUT2D eigenvalue weighted by Gasteiger charge is 2.23. The van der Waals surface area contributed by atoms with Crippen molar-refractivity contribution in [2.24, 2.45) is 0 Å². The molecule has 25 heavy (non-hydrogen) atoms. The van der Waals surface area contributed by atoms with Gasteiger partial charge in [-0.15, -0.1) is 0 Å². The van der Waals surface area contributed by atoms with Crippen LogP contribution in [0, 0.1) is 6.92 Å². The van der Waals surface area contributed by atoms with Crippen molar-refractivity contribution in [1.29, 1.82) is 0 Å². The normalized spacial score (nSPS) is 16.6. The van der Waals surface area contributed by atoms with Gasteiger partial charge in [-0.1, -0.05) is 36.4 Å². The van der Waals surface area contributed by atoms with Crippen LogP contribution in [0.3, 0.4) is 0 Å². The maximum atomic E-state index is 12.4. The second-order valence-electron chi connectivity index (χ2n) is 6.59. The summed E-state index contributed by atoms with van der Waals surface area (Å²) in [6, 6.07) is 13.6. The number of nitrogens with zero attached hydrogens (tertiary/aromatic N) is 3. The summed E-state index contributed by atoms with van der Waals surface area (Å²) in [4.78, 5) is 20.8. The lowest BCUT2D eigenvalue weighted by Gasteiger charge is -2.35. The van der Waals surface area contributed by atoms with Crippen molar-refractivity contribution < 1.29 is 9.90 Å². The summed E-state index contributed by atoms with van der Waals surface area (Å²) < 4.78 is 0. The maximum absolute atomic E-state index is 12.4. The van der Waals surface area contributed by atoms with Gasteiger partial charge in [0.2, 0.25) is 5.91 Å². The van der Waals surface area contributed by atoms with Gasteiger partial charge in [-0.25, -0.2) is 0 Å². The topological polar surface area (TPSA) is 56.7 Å². The number of pyridine rings is 1. The summed E-state index contributed by atoms with van der Waals surface area (Å²) in [6.45, 7) is 5.55. The summed E-state index contributed by atoms with van der Waals surface area (Å²) in [5, 5.41) is 10.3. The molecule has 1 aromatic heterocycles. The molecule has 5 nitrogen and oxygen atoms in total. The van der Waals surface area contributed by atoms with Gasteiger partial charge in [0.15, 0.2) is 0 Å². The first kappa shape index (κ1) is 17.6. The van der Waals surface area contributed by atoms with Crippen molar-refractivity contribution in [1.82, 2.24) is 14.8 Å². The number of carbonyl (C=O) groups is 1. The van der Waals surface area contributed by atoms with E-state index in [4.69, 9.17) is 0 Å². The van der Waals surface area contributed by atoms with Crippen LogP contribution in [-0.2, 0) is 11.2 Å². The Kier molecular flexibility index (Phi) is 5.79. The van der Waals surface area contributed by atoms with Crippen molar-refractivity contribution in [2.45, 2.75) is 19.4 Å². The van der Waals surface area contributed by atoms with Gasteiger partial charge in [0, 0.05) is 44.6 Å². The van der Waals surface area contributed by atoms with Gasteiger partial charge >= 0.3 is 0 Å². The lowest BCUT2D eigenvalue weighted by Crippen LogP contribution is -2.50. The number of hydrogen-bond acceptors (Lipinski definition) is 4. The lowest BCUT2D eigenvalue weighted by molar-refractivity contribution is -0.132. The minimum Gasteiger partial charge on any atom is -0.387 e. The van der Waals surface area contributed by atoms with E-state index in [-0.39, 0.29) is 5.91 Å². The van der Waals surface area contributed by atoms with E-state index < -0.39 is 6.10 Å². The molecule has 1 aliphatic rings. The number of aliphatic hydroxyl groups excluding tert-OH is 1. The fourth-order valence-corrected chi connectivity index (χ4v) is 3.09. The molecule has 1 atom stereocenters. The number of amides is 1. The standard InChI is InChI=1S/C20H25N3O2/c1-16-7-8-17(14-21-16)13-20(25)23-11-9-22(10-12-23)15-19(24)18-5-3-2-4-6-18/h2-8,14,19,24H,9-13,15H2,1H3/t19-/m1/s1. The van der Waals surface area contributed by atoms with Crippen LogP contribution < -0.4 is 0 Å². The number of hydrogen-bond donors (Lipinski definition) is 1. The van der Waals surface area contributed by atoms with Gasteiger partial charge < -0.3 is 10.0 Å². The minimum absolute atomic E-state index is 0.147. The van der Waals surface area contributed by atoms with E-state index in [1.165, 1.54) is 0 Å². The molecule has 0 spiro atoms. The summed E-state index contributed by atoms with van der Waals surface area (Å²) in [5.41, 5.74) is 2.85. The van der Waals surface area contributed by atoms with Crippen molar-refractivity contribution in [2.75, 3.05) is 32.7 Å². The average Bonchev–Trinajstić information content (AvgIpc) is 2.65. The Morgan fingerprint density at radius 3 is 2.48 bits per heavy atom. The summed E-state index contributed by atoms with van der Waals surface area (Å²) in [7, 11) is 0. The zero-order valence-electron chi connectivity index (χ0n) is 14.6. The number of carbonyl (C=O) groups excluding carboxylic acids is 1. The van der Waals surface area contributed by atoms with Crippen LogP contribution in [0.25, 0.3) is 0 Å². The molecule has 132 valence electrons. The molecule has 1 N–H and O–H groups in total. The Balaban J connectivity index is 1.46. The van der Waals surface area contributed by atoms with E-state index in [0.717, 1.165) is 29.9 Å². The van der Waals surface area contributed by atoms with Crippen LogP contribution in [0.5, 0.6) is 0 Å². The Hall–Kier alpha value is -2.24. The van der Waals surface area contributed by atoms with Gasteiger partial charge in [0.05, 0.1) is 12.5 Å². The maximum Gasteiger partial charge on any atom is 0.227 e. The molecule has 0 radical (unpaired) electrons. The molecule has 0 unspecified atom stereocenters. The number of aliphatic hydroxyl groups is 1. The molecule has 1 aromatic carbocycles. The van der Waals surface area contributed by atoms with Crippen LogP contribution in [0.2, 0.25) is 0 Å². The van der Waals surface area contributed by atoms with Crippen LogP contribution in [0.4, 0.5) is 0 Å². The largest absolute Gasteiger partial charge is 0.387 e. The van der Waals surface area contributed by atoms with E-state index >= 15 is 0 Å². The molecule has 0 bridgehead atoms. The molecule has 2 aromatic rings. The molecule has 1 aliphatic heterocycles. The Morgan fingerprint density at radius 2 is 1.84 bits per heavy atom. The van der Waals surface area contributed by atoms with Gasteiger partial charge in [0.25, 0.3) is 0 Å². The van der Waals surface area contributed by atoms with Crippen LogP contribution in [0.1, 0.15) is 22.9 Å². The third-order valence-corrected chi connectivity index (χ3v) is 4.67. The third kappa shape index (κ3) is 4.87. The number of rotatable bonds is 5. The van der Waals surface area contributed by atoms with Crippen LogP contribution >= 0.6 is 0 Å². The van der Waals surface area contributed by atoms with Crippen molar-refractivity contribution >= 4 is 5.91 Å². The minimum atomic E-state index is -0.484. The molecule has 1 amide bonds. The van der Waals surface area contributed by atoms with Gasteiger partial charge in [0.1, 0.15) is 0 Å². The predicted octanol–water partition coefficient (Wildman–Crippen LogP) is 1.81. The predicted molar refractivity (Wildman–Crippen MR) is 97.1 cm³/mol. The molecule has 5 heteroatoms. The average molecular weight is 339 g/mol. The molecule has 1 saturated heterocycles. The van der Waals surface area contributed by atoms with Gasteiger partial charge in [-0.2, -0.15) is 0 Å². The molecule has 0 saturated carbocycles. The van der Waals surface area contributed by atoms with Crippen LogP contribution in [0.15, 0.2) is 48.7 Å². The van der Waals surface area contributed by atoms with Crippen molar-refractivity contribution in [3.8, 4) is 0 Å². The van der Waals surface area contributed by atoms with E-state index in [1.807, 2.05) is 54.3 Å². The number of benzene rings is 1. The Bertz CT molecular complexity index is 680. The number of piperazine rings is 1. The quantitative estimate of drug-likeness (QED) is 0.903. The number of aryl methyl sites for hydroxylation is 1. The highest BCUT2D eigenvalue weighted by Crippen LogP contribution is 2.15. The monoisotopic (exact) mass is 339 g/mol. The van der Waals surface area contributed by atoms with Gasteiger partial charge in [-0.3, -0.25) is 14.7 Å². The SMILES string of the molecule is Cc1ccc(CC(=O)N2CCN(C[C@@H](O)c3ccccc3)CC2)cn1. The Morgan fingerprint density at radius 1 is 1.12 bits per heavy atom. The third-order valence-electron chi connectivity index (χ3n) is 4.67. The van der Waals surface area contributed by atoms with E-state index in [2.05, 4.69) is 9.88 Å². The summed E-state index contributed by atoms with van der Waals surface area (Å²) in [6.07, 6.45) is 1.70. The molecule has 0 aliphatic carbocycles. The molecule has 1 fully saturated rings. The second kappa shape index (κ2) is 8.23. The lowest BCUT2D eigenvalue weighted by atomic mass is 10.1. The molecular formula is C20H25N3O2. The molecule has 3 rings (SSSR count). The van der Waals surface area contributed by atoms with E-state index in [1.54, 1.807) is 6.20 Å². The van der Waals surface area contributed by atoms with Crippen molar-refractivity contribution in [3.63, 3.8) is 0 Å². The number of aromatic nitrogens is 1. The zero-order valence-corrected chi connectivity index (χ0v) is 14.6. The van der Waals surface area contributed by atoms with Gasteiger partial charge in [-0.05, 0) is 24.1 Å². The fraction of sp³-hybridized carbons (Fsp3) is 0.400. The first-order chi connectivity index (χ1) is 12.1. The Labute approximate surface area is 148 Å². The van der Waals surface area contributed by atoms with Crippen LogP contribution in [-0.4, -0.2) is 58.5 Å². The summed E-state index contributed by atoms with van der Waals surface area (Å²) in [5.74, 6) is 0.147. The smallest absolute Gasteiger partial charge is 0.227 e. The first-order valence-electron chi connectivity index (χ1n) is 8.76. The van der Waals surface area contributed by atoms with E-state index in [0.29, 0.717) is 26.1 Å². The molecule has 2 heterocycles. The highest BCUT2D eigenvalue weighted by molar-refractivity contribution is 5.78. The first-order valence-corrected chi connectivity index (χ1v) is 8.76. The van der Waals surface area contributed by atoms with E-state index in [9.17, 15) is 9.90 Å². The molecular weight excluding hydrogens is 314 g/mol. The summed E-state index contributed by atoms with van der Waals surface area (Å²) >= 11 is 0. The zero-order chi connectivity index (χ0) is 17.6. The van der Waals surface area contributed by atoms with Crippen molar-refractivity contribution in [3.05, 3.63) is 65.5 Å². The fourth-order valence-electron chi connectivity index (χ4n) is 3.09. The second-order valence-corrected chi connectivity index (χ2v) is 6.59. The highest BCUT2D eigenvalue weighted by atomic mass is 16.3. The number of β-amino-alcohol motifs (C(OH)–C–C–N with tert-alkyl or cyclic N) is 1.